The Morgan fingerprint density at radius 1 is 0.707 bits per heavy atom. The van der Waals surface area contributed by atoms with E-state index in [-0.39, 0.29) is 31.9 Å². The molecule has 0 radical (unpaired) electrons. The van der Waals surface area contributed by atoms with Crippen molar-refractivity contribution in [3.05, 3.63) is 115 Å². The van der Waals surface area contributed by atoms with E-state index < -0.39 is 0 Å². The summed E-state index contributed by atoms with van der Waals surface area (Å²) >= 11 is 0. The molecule has 3 heterocycles. The summed E-state index contributed by atoms with van der Waals surface area (Å²) in [4.78, 5) is 9.51. The van der Waals surface area contributed by atoms with E-state index in [1.54, 1.807) is 0 Å². The molecule has 3 aromatic heterocycles. The number of ether oxygens (including phenoxy) is 1. The number of rotatable bonds is 4. The summed E-state index contributed by atoms with van der Waals surface area (Å²) in [5.74, 6) is 2.06. The standard InChI is InChI=1S/C36H33N3O.Pt/c1-35(2,3)26-19-20-37-33(23-26)39-30-14-8-7-13-28(30)29-18-17-25(22-31(29)39)24-11-9-12-27(21-24)40-34-16-10-15-32(38-34)36(4,5)6;/h7-20,23H,1-6H3;/q-2;+2. The summed E-state index contributed by atoms with van der Waals surface area (Å²) < 4.78 is 8.37. The van der Waals surface area contributed by atoms with Crippen LogP contribution in [0.3, 0.4) is 0 Å². The number of fused-ring (bicyclic) bond motifs is 3. The van der Waals surface area contributed by atoms with Gasteiger partial charge < -0.3 is 9.30 Å². The quantitative estimate of drug-likeness (QED) is 0.171. The molecule has 0 saturated heterocycles. The fourth-order valence-electron chi connectivity index (χ4n) is 4.96. The van der Waals surface area contributed by atoms with E-state index in [4.69, 9.17) is 14.7 Å². The molecular formula is C36H33N3OPt. The Morgan fingerprint density at radius 2 is 1.46 bits per heavy atom. The minimum absolute atomic E-state index is 0. The van der Waals surface area contributed by atoms with Crippen molar-refractivity contribution in [3.63, 3.8) is 0 Å². The molecule has 41 heavy (non-hydrogen) atoms. The van der Waals surface area contributed by atoms with Crippen LogP contribution in [0, 0.1) is 12.1 Å². The number of para-hydroxylation sites is 1. The molecule has 0 unspecified atom stereocenters. The van der Waals surface area contributed by atoms with Gasteiger partial charge >= 0.3 is 21.1 Å². The SMILES string of the molecule is CC(C)(C)c1ccnc(-n2c3[c-]c(-c4[c-]c(Oc5cccc(C(C)(C)C)n5)ccc4)ccc3c3ccccc32)c1.[Pt+2]. The third-order valence-electron chi connectivity index (χ3n) is 7.19. The summed E-state index contributed by atoms with van der Waals surface area (Å²) in [5.41, 5.74) is 6.10. The largest absolute Gasteiger partial charge is 2.00 e. The molecule has 0 spiro atoms. The number of aromatic nitrogens is 3. The smallest absolute Gasteiger partial charge is 0.460 e. The van der Waals surface area contributed by atoms with Gasteiger partial charge in [0.25, 0.3) is 0 Å². The molecular weight excluding hydrogens is 685 g/mol. The molecule has 0 aliphatic heterocycles. The summed E-state index contributed by atoms with van der Waals surface area (Å²) in [6.07, 6.45) is 1.90. The molecule has 208 valence electrons. The van der Waals surface area contributed by atoms with Crippen LogP contribution in [0.15, 0.2) is 91.1 Å². The first-order chi connectivity index (χ1) is 19.1. The van der Waals surface area contributed by atoms with Crippen molar-refractivity contribution >= 4 is 21.8 Å². The second-order valence-corrected chi connectivity index (χ2v) is 12.3. The van der Waals surface area contributed by atoms with Crippen molar-refractivity contribution in [2.24, 2.45) is 0 Å². The Labute approximate surface area is 256 Å². The van der Waals surface area contributed by atoms with Gasteiger partial charge in [0.05, 0.1) is 0 Å². The first-order valence-corrected chi connectivity index (χ1v) is 13.7. The molecule has 0 aliphatic carbocycles. The molecule has 0 saturated carbocycles. The molecule has 0 aliphatic rings. The van der Waals surface area contributed by atoms with Crippen LogP contribution in [-0.4, -0.2) is 14.5 Å². The van der Waals surface area contributed by atoms with Gasteiger partial charge in [-0.15, -0.1) is 18.2 Å². The molecule has 0 N–H and O–H groups in total. The third-order valence-corrected chi connectivity index (χ3v) is 7.19. The molecule has 3 aromatic carbocycles. The third kappa shape index (κ3) is 5.72. The maximum atomic E-state index is 6.15. The fraction of sp³-hybridized carbons (Fsp3) is 0.222. The Kier molecular flexibility index (Phi) is 7.65. The van der Waals surface area contributed by atoms with Gasteiger partial charge in [0.15, 0.2) is 0 Å². The normalized spacial score (nSPS) is 12.0. The van der Waals surface area contributed by atoms with E-state index in [1.807, 2.05) is 42.6 Å². The molecule has 4 nitrogen and oxygen atoms in total. The van der Waals surface area contributed by atoms with Crippen molar-refractivity contribution in [2.75, 3.05) is 0 Å². The predicted molar refractivity (Wildman–Crippen MR) is 163 cm³/mol. The minimum atomic E-state index is -0.0605. The second kappa shape index (κ2) is 10.9. The second-order valence-electron chi connectivity index (χ2n) is 12.3. The average Bonchev–Trinajstić information content (AvgIpc) is 3.26. The van der Waals surface area contributed by atoms with Crippen LogP contribution in [0.5, 0.6) is 11.6 Å². The zero-order valence-electron chi connectivity index (χ0n) is 24.2. The minimum Gasteiger partial charge on any atom is -0.460 e. The summed E-state index contributed by atoms with van der Waals surface area (Å²) in [7, 11) is 0. The maximum Gasteiger partial charge on any atom is 2.00 e. The van der Waals surface area contributed by atoms with Crippen LogP contribution in [-0.2, 0) is 31.9 Å². The van der Waals surface area contributed by atoms with Crippen molar-refractivity contribution < 1.29 is 25.8 Å². The molecule has 0 amide bonds. The number of hydrogen-bond donors (Lipinski definition) is 0. The van der Waals surface area contributed by atoms with E-state index in [0.717, 1.165) is 39.1 Å². The van der Waals surface area contributed by atoms with E-state index in [9.17, 15) is 0 Å². The maximum absolute atomic E-state index is 6.15. The fourth-order valence-corrected chi connectivity index (χ4v) is 4.96. The van der Waals surface area contributed by atoms with Crippen molar-refractivity contribution in [3.8, 4) is 28.6 Å². The van der Waals surface area contributed by atoms with Gasteiger partial charge in [-0.25, -0.2) is 21.1 Å². The van der Waals surface area contributed by atoms with Gasteiger partial charge in [-0.3, -0.25) is 0 Å². The van der Waals surface area contributed by atoms with Crippen LogP contribution in [0.25, 0.3) is 38.8 Å². The van der Waals surface area contributed by atoms with Gasteiger partial charge in [-0.05, 0) is 46.1 Å². The predicted octanol–water partition coefficient (Wildman–Crippen LogP) is 9.23. The van der Waals surface area contributed by atoms with Crippen LogP contribution in [0.4, 0.5) is 0 Å². The monoisotopic (exact) mass is 718 g/mol. The van der Waals surface area contributed by atoms with E-state index in [1.165, 1.54) is 10.9 Å². The zero-order valence-corrected chi connectivity index (χ0v) is 26.5. The van der Waals surface area contributed by atoms with Crippen LogP contribution < -0.4 is 4.74 Å². The summed E-state index contributed by atoms with van der Waals surface area (Å²) in [6.45, 7) is 13.1. The number of pyridine rings is 2. The van der Waals surface area contributed by atoms with Gasteiger partial charge in [-0.1, -0.05) is 71.2 Å². The van der Waals surface area contributed by atoms with E-state index in [2.05, 4.69) is 107 Å². The molecule has 0 bridgehead atoms. The average molecular weight is 719 g/mol. The Balaban J connectivity index is 0.00000337. The van der Waals surface area contributed by atoms with Gasteiger partial charge in [-0.2, -0.15) is 24.3 Å². The van der Waals surface area contributed by atoms with Crippen molar-refractivity contribution in [1.29, 1.82) is 0 Å². The van der Waals surface area contributed by atoms with E-state index >= 15 is 0 Å². The Morgan fingerprint density at radius 3 is 2.24 bits per heavy atom. The topological polar surface area (TPSA) is 39.9 Å². The summed E-state index contributed by atoms with van der Waals surface area (Å²) in [6, 6.07) is 36.0. The van der Waals surface area contributed by atoms with Crippen LogP contribution >= 0.6 is 0 Å². The first kappa shape index (κ1) is 28.8. The number of nitrogens with zero attached hydrogens (tertiary/aromatic N) is 3. The Bertz CT molecular complexity index is 1860. The number of hydrogen-bond acceptors (Lipinski definition) is 3. The van der Waals surface area contributed by atoms with Crippen molar-refractivity contribution in [2.45, 2.75) is 52.4 Å². The zero-order chi connectivity index (χ0) is 28.1. The van der Waals surface area contributed by atoms with Gasteiger partial charge in [0.2, 0.25) is 5.88 Å². The number of benzene rings is 3. The van der Waals surface area contributed by atoms with E-state index in [0.29, 0.717) is 11.6 Å². The first-order valence-electron chi connectivity index (χ1n) is 13.7. The van der Waals surface area contributed by atoms with Crippen LogP contribution in [0.2, 0.25) is 0 Å². The van der Waals surface area contributed by atoms with Gasteiger partial charge in [0, 0.05) is 34.6 Å². The summed E-state index contributed by atoms with van der Waals surface area (Å²) in [5, 5.41) is 2.31. The van der Waals surface area contributed by atoms with Crippen LogP contribution in [0.1, 0.15) is 52.8 Å². The molecule has 0 fully saturated rings. The van der Waals surface area contributed by atoms with Gasteiger partial charge in [0.1, 0.15) is 5.82 Å². The van der Waals surface area contributed by atoms with Crippen molar-refractivity contribution in [1.82, 2.24) is 14.5 Å². The molecule has 5 heteroatoms. The molecule has 6 rings (SSSR count). The molecule has 0 atom stereocenters. The Hall–Kier alpha value is -3.75. The molecule has 6 aromatic rings.